The summed E-state index contributed by atoms with van der Waals surface area (Å²) in [6.45, 7) is 3.49. The van der Waals surface area contributed by atoms with Crippen molar-refractivity contribution in [2.75, 3.05) is 11.9 Å². The fourth-order valence-corrected chi connectivity index (χ4v) is 2.61. The predicted octanol–water partition coefficient (Wildman–Crippen LogP) is 1.41. The second-order valence-electron chi connectivity index (χ2n) is 5.61. The Morgan fingerprint density at radius 3 is 3.14 bits per heavy atom. The van der Waals surface area contributed by atoms with Gasteiger partial charge in [-0.3, -0.25) is 4.79 Å². The zero-order valence-corrected chi connectivity index (χ0v) is 12.0. The Bertz CT molecular complexity index is 617. The molecular formula is C15H19N5O. The highest BCUT2D eigenvalue weighted by atomic mass is 16.2. The van der Waals surface area contributed by atoms with Crippen molar-refractivity contribution in [3.63, 3.8) is 0 Å². The zero-order valence-electron chi connectivity index (χ0n) is 12.0. The molecular weight excluding hydrogens is 266 g/mol. The number of amides is 1. The van der Waals surface area contributed by atoms with Crippen molar-refractivity contribution in [3.05, 3.63) is 42.5 Å². The molecule has 0 spiro atoms. The first-order chi connectivity index (χ1) is 10.2. The summed E-state index contributed by atoms with van der Waals surface area (Å²) < 4.78 is 1.75. The Labute approximate surface area is 123 Å². The maximum Gasteiger partial charge on any atom is 0.244 e. The molecule has 1 atom stereocenters. The largest absolute Gasteiger partial charge is 0.324 e. The lowest BCUT2D eigenvalue weighted by molar-refractivity contribution is -0.121. The molecule has 6 nitrogen and oxygen atoms in total. The maximum atomic E-state index is 12.4. The lowest BCUT2D eigenvalue weighted by atomic mass is 9.99. The first-order valence-electron chi connectivity index (χ1n) is 7.14. The van der Waals surface area contributed by atoms with Crippen LogP contribution in [0.3, 0.4) is 0 Å². The molecule has 1 aliphatic rings. The van der Waals surface area contributed by atoms with Crippen LogP contribution in [0.2, 0.25) is 0 Å². The van der Waals surface area contributed by atoms with E-state index >= 15 is 0 Å². The third-order valence-electron chi connectivity index (χ3n) is 3.87. The van der Waals surface area contributed by atoms with Crippen LogP contribution < -0.4 is 10.6 Å². The van der Waals surface area contributed by atoms with E-state index in [1.165, 1.54) is 6.33 Å². The molecule has 0 radical (unpaired) electrons. The molecule has 0 aliphatic carbocycles. The quantitative estimate of drug-likeness (QED) is 0.891. The van der Waals surface area contributed by atoms with Gasteiger partial charge in [-0.1, -0.05) is 12.1 Å². The number of rotatable bonds is 4. The lowest BCUT2D eigenvalue weighted by Gasteiger charge is -2.23. The van der Waals surface area contributed by atoms with Crippen LogP contribution >= 0.6 is 0 Å². The molecule has 2 aromatic rings. The van der Waals surface area contributed by atoms with E-state index < -0.39 is 5.54 Å². The average Bonchev–Trinajstić information content (AvgIpc) is 3.12. The molecule has 2 N–H and O–H groups in total. The molecule has 1 saturated heterocycles. The summed E-state index contributed by atoms with van der Waals surface area (Å²) in [6, 6.07) is 7.82. The highest BCUT2D eigenvalue weighted by molar-refractivity contribution is 5.98. The first-order valence-corrected chi connectivity index (χ1v) is 7.14. The Balaban J connectivity index is 1.69. The van der Waals surface area contributed by atoms with Gasteiger partial charge in [-0.05, 0) is 44.0 Å². The van der Waals surface area contributed by atoms with Gasteiger partial charge in [-0.25, -0.2) is 9.67 Å². The van der Waals surface area contributed by atoms with Crippen LogP contribution in [0, 0.1) is 0 Å². The third kappa shape index (κ3) is 3.11. The second kappa shape index (κ2) is 5.65. The van der Waals surface area contributed by atoms with Crippen LogP contribution in [-0.2, 0) is 11.3 Å². The number of nitrogens with one attached hydrogen (secondary N) is 2. The van der Waals surface area contributed by atoms with Crippen LogP contribution in [0.25, 0.3) is 0 Å². The van der Waals surface area contributed by atoms with Gasteiger partial charge in [0, 0.05) is 5.69 Å². The van der Waals surface area contributed by atoms with Gasteiger partial charge in [0.25, 0.3) is 0 Å². The van der Waals surface area contributed by atoms with Crippen LogP contribution in [0.5, 0.6) is 0 Å². The molecule has 1 aromatic carbocycles. The molecule has 3 rings (SSSR count). The molecule has 1 fully saturated rings. The highest BCUT2D eigenvalue weighted by Crippen LogP contribution is 2.21. The smallest absolute Gasteiger partial charge is 0.244 e. The topological polar surface area (TPSA) is 71.8 Å². The monoisotopic (exact) mass is 285 g/mol. The number of nitrogens with zero attached hydrogens (tertiary/aromatic N) is 3. The fourth-order valence-electron chi connectivity index (χ4n) is 2.61. The van der Waals surface area contributed by atoms with Gasteiger partial charge in [-0.2, -0.15) is 5.10 Å². The van der Waals surface area contributed by atoms with Gasteiger partial charge in [0.1, 0.15) is 12.7 Å². The molecule has 1 aromatic heterocycles. The number of carbonyl (C=O) groups is 1. The highest BCUT2D eigenvalue weighted by Gasteiger charge is 2.35. The summed E-state index contributed by atoms with van der Waals surface area (Å²) in [5.74, 6) is 0.0258. The summed E-state index contributed by atoms with van der Waals surface area (Å²) >= 11 is 0. The summed E-state index contributed by atoms with van der Waals surface area (Å²) in [4.78, 5) is 16.3. The van der Waals surface area contributed by atoms with Crippen LogP contribution in [0.1, 0.15) is 25.3 Å². The Morgan fingerprint density at radius 1 is 1.52 bits per heavy atom. The summed E-state index contributed by atoms with van der Waals surface area (Å²) in [6.07, 6.45) is 5.10. The first kappa shape index (κ1) is 13.8. The Hall–Kier alpha value is -2.21. The molecule has 21 heavy (non-hydrogen) atoms. The molecule has 1 amide bonds. The Morgan fingerprint density at radius 2 is 2.43 bits per heavy atom. The van der Waals surface area contributed by atoms with E-state index in [2.05, 4.69) is 20.7 Å². The van der Waals surface area contributed by atoms with Crippen molar-refractivity contribution in [1.82, 2.24) is 20.1 Å². The van der Waals surface area contributed by atoms with Crippen molar-refractivity contribution >= 4 is 11.6 Å². The SMILES string of the molecule is CC1(C(=O)Nc2cccc(Cn3cncn3)c2)CCCN1. The molecule has 0 saturated carbocycles. The van der Waals surface area contributed by atoms with Gasteiger partial charge in [0.2, 0.25) is 5.91 Å². The van der Waals surface area contributed by atoms with E-state index in [4.69, 9.17) is 0 Å². The minimum absolute atomic E-state index is 0.0258. The summed E-state index contributed by atoms with van der Waals surface area (Å²) in [5.41, 5.74) is 1.43. The second-order valence-corrected chi connectivity index (χ2v) is 5.61. The van der Waals surface area contributed by atoms with E-state index in [1.807, 2.05) is 31.2 Å². The number of aromatic nitrogens is 3. The molecule has 110 valence electrons. The minimum Gasteiger partial charge on any atom is -0.324 e. The van der Waals surface area contributed by atoms with Crippen molar-refractivity contribution < 1.29 is 4.79 Å². The van der Waals surface area contributed by atoms with Crippen molar-refractivity contribution in [2.45, 2.75) is 31.8 Å². The predicted molar refractivity (Wildman–Crippen MR) is 79.8 cm³/mol. The van der Waals surface area contributed by atoms with E-state index in [9.17, 15) is 4.79 Å². The standard InChI is InChI=1S/C15H19N5O/c1-15(6-3-7-17-15)14(21)19-13-5-2-4-12(8-13)9-20-11-16-10-18-20/h2,4-5,8,10-11,17H,3,6-7,9H2,1H3,(H,19,21). The number of hydrogen-bond donors (Lipinski definition) is 2. The van der Waals surface area contributed by atoms with Crippen LogP contribution in [-0.4, -0.2) is 32.8 Å². The Kier molecular flexibility index (Phi) is 3.70. The van der Waals surface area contributed by atoms with E-state index in [1.54, 1.807) is 11.0 Å². The van der Waals surface area contributed by atoms with E-state index in [0.717, 1.165) is 30.6 Å². The molecule has 1 unspecified atom stereocenters. The van der Waals surface area contributed by atoms with Crippen molar-refractivity contribution in [3.8, 4) is 0 Å². The van der Waals surface area contributed by atoms with Gasteiger partial charge in [0.15, 0.2) is 0 Å². The van der Waals surface area contributed by atoms with Crippen molar-refractivity contribution in [2.24, 2.45) is 0 Å². The third-order valence-corrected chi connectivity index (χ3v) is 3.87. The molecule has 2 heterocycles. The van der Waals surface area contributed by atoms with Gasteiger partial charge in [-0.15, -0.1) is 0 Å². The van der Waals surface area contributed by atoms with Gasteiger partial charge < -0.3 is 10.6 Å². The zero-order chi connectivity index (χ0) is 14.7. The molecule has 0 bridgehead atoms. The molecule has 6 heteroatoms. The average molecular weight is 285 g/mol. The van der Waals surface area contributed by atoms with Crippen molar-refractivity contribution in [1.29, 1.82) is 0 Å². The van der Waals surface area contributed by atoms with Gasteiger partial charge >= 0.3 is 0 Å². The van der Waals surface area contributed by atoms with Gasteiger partial charge in [0.05, 0.1) is 12.1 Å². The van der Waals surface area contributed by atoms with E-state index in [0.29, 0.717) is 6.54 Å². The maximum absolute atomic E-state index is 12.4. The minimum atomic E-state index is -0.456. The number of hydrogen-bond acceptors (Lipinski definition) is 4. The summed E-state index contributed by atoms with van der Waals surface area (Å²) in [7, 11) is 0. The fraction of sp³-hybridized carbons (Fsp3) is 0.400. The van der Waals surface area contributed by atoms with Crippen LogP contribution in [0.15, 0.2) is 36.9 Å². The molecule has 1 aliphatic heterocycles. The lowest BCUT2D eigenvalue weighted by Crippen LogP contribution is -2.47. The van der Waals surface area contributed by atoms with E-state index in [-0.39, 0.29) is 5.91 Å². The number of anilines is 1. The normalized spacial score (nSPS) is 21.4. The number of benzene rings is 1. The van der Waals surface area contributed by atoms with Crippen LogP contribution in [0.4, 0.5) is 5.69 Å². The number of carbonyl (C=O) groups excluding carboxylic acids is 1. The summed E-state index contributed by atoms with van der Waals surface area (Å²) in [5, 5.41) is 10.4.